The zero-order chi connectivity index (χ0) is 9.14. The van der Waals surface area contributed by atoms with E-state index < -0.39 is 17.3 Å². The molecule has 0 aromatic carbocycles. The molecule has 1 heterocycles. The first-order valence-corrected chi connectivity index (χ1v) is 3.06. The lowest BCUT2D eigenvalue weighted by Crippen LogP contribution is -2.34. The van der Waals surface area contributed by atoms with E-state index in [4.69, 9.17) is 5.11 Å². The Morgan fingerprint density at radius 2 is 2.42 bits per heavy atom. The molecule has 63 valence electrons. The van der Waals surface area contributed by atoms with Gasteiger partial charge in [-0.1, -0.05) is 6.58 Å². The lowest BCUT2D eigenvalue weighted by molar-refractivity contribution is 0.134. The van der Waals surface area contributed by atoms with Gasteiger partial charge < -0.3 is 5.11 Å². The number of aromatic nitrogens is 3. The molecule has 0 saturated heterocycles. The van der Waals surface area contributed by atoms with Crippen LogP contribution in [0.2, 0.25) is 0 Å². The van der Waals surface area contributed by atoms with Crippen LogP contribution in [-0.4, -0.2) is 19.9 Å². The number of rotatable bonds is 2. The summed E-state index contributed by atoms with van der Waals surface area (Å²) in [6, 6.07) is 0. The number of H-pyrrole nitrogens is 1. The molecular weight excluding hydrogens is 162 g/mol. The van der Waals surface area contributed by atoms with Crippen molar-refractivity contribution in [3.8, 4) is 0 Å². The van der Waals surface area contributed by atoms with Crippen molar-refractivity contribution in [1.29, 1.82) is 0 Å². The second-order valence-corrected chi connectivity index (χ2v) is 1.98. The SMILES string of the molecule is C=CC(O)n1[c]nc(=O)c(=O)[nH]1. The maximum atomic E-state index is 10.6. The van der Waals surface area contributed by atoms with Gasteiger partial charge in [-0.3, -0.25) is 14.7 Å². The molecule has 1 aromatic heterocycles. The molecule has 0 saturated carbocycles. The average molecular weight is 168 g/mol. The van der Waals surface area contributed by atoms with E-state index in [0.29, 0.717) is 0 Å². The average Bonchev–Trinajstić information content (AvgIpc) is 2.08. The molecule has 2 N–H and O–H groups in total. The Hall–Kier alpha value is -1.69. The zero-order valence-corrected chi connectivity index (χ0v) is 6.02. The Morgan fingerprint density at radius 3 is 2.92 bits per heavy atom. The van der Waals surface area contributed by atoms with Crippen molar-refractivity contribution in [2.75, 3.05) is 0 Å². The summed E-state index contributed by atoms with van der Waals surface area (Å²) in [7, 11) is 0. The molecule has 0 bridgehead atoms. The van der Waals surface area contributed by atoms with Crippen LogP contribution in [0, 0.1) is 6.33 Å². The molecule has 0 fully saturated rings. The Balaban J connectivity index is 3.22. The molecule has 1 unspecified atom stereocenters. The molecular formula is C6H6N3O3. The van der Waals surface area contributed by atoms with Crippen LogP contribution in [0.5, 0.6) is 0 Å². The van der Waals surface area contributed by atoms with Crippen LogP contribution >= 0.6 is 0 Å². The number of nitrogens with zero attached hydrogens (tertiary/aromatic N) is 2. The van der Waals surface area contributed by atoms with Crippen molar-refractivity contribution in [2.24, 2.45) is 0 Å². The Labute approximate surface area is 66.8 Å². The Bertz CT molecular complexity index is 392. The lowest BCUT2D eigenvalue weighted by atomic mass is 10.5. The third-order valence-corrected chi connectivity index (χ3v) is 1.15. The second-order valence-electron chi connectivity index (χ2n) is 1.98. The summed E-state index contributed by atoms with van der Waals surface area (Å²) >= 11 is 0. The quantitative estimate of drug-likeness (QED) is 0.411. The maximum absolute atomic E-state index is 10.6. The molecule has 6 heteroatoms. The number of aliphatic hydroxyl groups excluding tert-OH is 1. The van der Waals surface area contributed by atoms with E-state index in [9.17, 15) is 9.59 Å². The highest BCUT2D eigenvalue weighted by Gasteiger charge is 2.01. The molecule has 0 aliphatic rings. The highest BCUT2D eigenvalue weighted by atomic mass is 16.3. The molecule has 1 aromatic rings. The fourth-order valence-electron chi connectivity index (χ4n) is 0.563. The second kappa shape index (κ2) is 3.14. The van der Waals surface area contributed by atoms with Crippen molar-refractivity contribution in [3.05, 3.63) is 39.7 Å². The topological polar surface area (TPSA) is 88.0 Å². The maximum Gasteiger partial charge on any atom is 0.338 e. The standard InChI is InChI=1S/C6H6N3O3/c1-2-4(10)9-3-7-5(11)6(12)8-9/h2,4,10H,1H2,(H,8,12). The van der Waals surface area contributed by atoms with Crippen molar-refractivity contribution < 1.29 is 5.11 Å². The van der Waals surface area contributed by atoms with Gasteiger partial charge in [0.2, 0.25) is 0 Å². The molecule has 6 nitrogen and oxygen atoms in total. The smallest absolute Gasteiger partial charge is 0.338 e. The van der Waals surface area contributed by atoms with E-state index in [1.807, 2.05) is 5.10 Å². The number of hydrogen-bond acceptors (Lipinski definition) is 4. The van der Waals surface area contributed by atoms with Crippen LogP contribution in [0.25, 0.3) is 0 Å². The summed E-state index contributed by atoms with van der Waals surface area (Å²) in [5.41, 5.74) is -1.85. The summed E-state index contributed by atoms with van der Waals surface area (Å²) in [6.07, 6.45) is 2.12. The highest BCUT2D eigenvalue weighted by molar-refractivity contribution is 4.77. The van der Waals surface area contributed by atoms with Gasteiger partial charge in [0.05, 0.1) is 0 Å². The molecule has 1 radical (unpaired) electrons. The van der Waals surface area contributed by atoms with Crippen LogP contribution in [0.15, 0.2) is 22.2 Å². The molecule has 0 spiro atoms. The summed E-state index contributed by atoms with van der Waals surface area (Å²) in [4.78, 5) is 24.2. The number of aliphatic hydroxyl groups is 1. The molecule has 12 heavy (non-hydrogen) atoms. The fraction of sp³-hybridized carbons (Fsp3) is 0.167. The summed E-state index contributed by atoms with van der Waals surface area (Å²) in [6.45, 7) is 3.27. The molecule has 0 aliphatic carbocycles. The molecule has 1 atom stereocenters. The lowest BCUT2D eigenvalue weighted by Gasteiger charge is -2.05. The van der Waals surface area contributed by atoms with Gasteiger partial charge in [-0.15, -0.1) is 0 Å². The van der Waals surface area contributed by atoms with Gasteiger partial charge in [-0.2, -0.15) is 4.98 Å². The Morgan fingerprint density at radius 1 is 1.75 bits per heavy atom. The Kier molecular flexibility index (Phi) is 2.20. The van der Waals surface area contributed by atoms with E-state index in [2.05, 4.69) is 17.9 Å². The first-order valence-electron chi connectivity index (χ1n) is 3.06. The van der Waals surface area contributed by atoms with E-state index in [1.54, 1.807) is 0 Å². The minimum Gasteiger partial charge on any atom is -0.368 e. The van der Waals surface area contributed by atoms with Crippen LogP contribution in [0.4, 0.5) is 0 Å². The van der Waals surface area contributed by atoms with Gasteiger partial charge in [-0.25, -0.2) is 4.68 Å². The van der Waals surface area contributed by atoms with Crippen LogP contribution in [0.1, 0.15) is 6.23 Å². The third kappa shape index (κ3) is 1.48. The predicted molar refractivity (Wildman–Crippen MR) is 39.4 cm³/mol. The van der Waals surface area contributed by atoms with Gasteiger partial charge in [-0.05, 0) is 6.08 Å². The monoisotopic (exact) mass is 168 g/mol. The number of hydrogen-bond donors (Lipinski definition) is 2. The van der Waals surface area contributed by atoms with Crippen LogP contribution in [0.3, 0.4) is 0 Å². The van der Waals surface area contributed by atoms with Gasteiger partial charge in [0.25, 0.3) is 0 Å². The molecule has 0 aliphatic heterocycles. The number of aromatic amines is 1. The minimum atomic E-state index is -1.13. The largest absolute Gasteiger partial charge is 0.368 e. The van der Waals surface area contributed by atoms with Crippen molar-refractivity contribution in [2.45, 2.75) is 6.23 Å². The first-order chi connectivity index (χ1) is 5.65. The molecule has 0 amide bonds. The molecule has 1 rings (SSSR count). The zero-order valence-electron chi connectivity index (χ0n) is 6.02. The summed E-state index contributed by atoms with van der Waals surface area (Å²) < 4.78 is 0.844. The van der Waals surface area contributed by atoms with Crippen molar-refractivity contribution in [3.63, 3.8) is 0 Å². The van der Waals surface area contributed by atoms with Crippen LogP contribution < -0.4 is 11.1 Å². The van der Waals surface area contributed by atoms with Crippen molar-refractivity contribution >= 4 is 0 Å². The van der Waals surface area contributed by atoms with E-state index in [1.165, 1.54) is 0 Å². The van der Waals surface area contributed by atoms with Gasteiger partial charge in [0.15, 0.2) is 12.6 Å². The number of nitrogens with one attached hydrogen (secondary N) is 1. The summed E-state index contributed by atoms with van der Waals surface area (Å²) in [5, 5.41) is 11.1. The fourth-order valence-corrected chi connectivity index (χ4v) is 0.563. The predicted octanol–water partition coefficient (Wildman–Crippen LogP) is -1.59. The first kappa shape index (κ1) is 8.41. The third-order valence-electron chi connectivity index (χ3n) is 1.15. The normalized spacial score (nSPS) is 12.4. The van der Waals surface area contributed by atoms with E-state index in [-0.39, 0.29) is 0 Å². The highest BCUT2D eigenvalue weighted by Crippen LogP contribution is 1.93. The van der Waals surface area contributed by atoms with E-state index in [0.717, 1.165) is 10.8 Å². The van der Waals surface area contributed by atoms with Gasteiger partial charge >= 0.3 is 11.1 Å². The minimum absolute atomic E-state index is 0.844. The van der Waals surface area contributed by atoms with E-state index >= 15 is 0 Å². The van der Waals surface area contributed by atoms with Crippen molar-refractivity contribution in [1.82, 2.24) is 14.8 Å². The van der Waals surface area contributed by atoms with Crippen LogP contribution in [-0.2, 0) is 0 Å². The van der Waals surface area contributed by atoms with Gasteiger partial charge in [0, 0.05) is 0 Å². The van der Waals surface area contributed by atoms with Gasteiger partial charge in [0.1, 0.15) is 0 Å². The summed E-state index contributed by atoms with van der Waals surface area (Å²) in [5.74, 6) is 0.